The number of amides is 1. The molecular weight excluding hydrogens is 336 g/mol. The summed E-state index contributed by atoms with van der Waals surface area (Å²) in [6.45, 7) is 3.92. The molecule has 3 rings (SSSR count). The Bertz CT molecular complexity index is 709. The van der Waals surface area contributed by atoms with Crippen LogP contribution in [0.2, 0.25) is 0 Å². The maximum atomic E-state index is 13.2. The van der Waals surface area contributed by atoms with E-state index in [4.69, 9.17) is 0 Å². The van der Waals surface area contributed by atoms with E-state index in [0.29, 0.717) is 25.2 Å². The van der Waals surface area contributed by atoms with Gasteiger partial charge in [0.25, 0.3) is 5.91 Å². The van der Waals surface area contributed by atoms with Crippen molar-refractivity contribution in [1.29, 1.82) is 0 Å². The Morgan fingerprint density at radius 3 is 2.28 bits per heavy atom. The number of rotatable bonds is 3. The first kappa shape index (κ1) is 18.4. The van der Waals surface area contributed by atoms with Crippen molar-refractivity contribution in [3.05, 3.63) is 29.8 Å². The number of carbonyl (C=O) groups excluding carboxylic acids is 1. The number of carbonyl (C=O) groups is 1. The highest BCUT2D eigenvalue weighted by molar-refractivity contribution is 7.89. The van der Waals surface area contributed by atoms with Gasteiger partial charge in [0.05, 0.1) is 10.5 Å². The van der Waals surface area contributed by atoms with Crippen molar-refractivity contribution in [2.45, 2.75) is 62.8 Å². The molecule has 2 aliphatic heterocycles. The summed E-state index contributed by atoms with van der Waals surface area (Å²) < 4.78 is 28.0. The molecular formula is C19H28N2O3S. The molecule has 0 radical (unpaired) electrons. The van der Waals surface area contributed by atoms with Crippen LogP contribution in [0.15, 0.2) is 29.2 Å². The molecule has 6 heteroatoms. The van der Waals surface area contributed by atoms with Crippen LogP contribution in [0.4, 0.5) is 0 Å². The lowest BCUT2D eigenvalue weighted by molar-refractivity contribution is 0.0757. The van der Waals surface area contributed by atoms with Crippen molar-refractivity contribution in [3.63, 3.8) is 0 Å². The van der Waals surface area contributed by atoms with E-state index in [1.807, 2.05) is 11.8 Å². The van der Waals surface area contributed by atoms with Gasteiger partial charge in [-0.1, -0.05) is 31.4 Å². The van der Waals surface area contributed by atoms with Crippen LogP contribution in [-0.2, 0) is 10.0 Å². The zero-order valence-electron chi connectivity index (χ0n) is 15.0. The quantitative estimate of drug-likeness (QED) is 0.827. The Morgan fingerprint density at radius 1 is 0.960 bits per heavy atom. The highest BCUT2D eigenvalue weighted by Gasteiger charge is 2.34. The number of sulfonamides is 1. The van der Waals surface area contributed by atoms with Crippen molar-refractivity contribution in [1.82, 2.24) is 9.21 Å². The van der Waals surface area contributed by atoms with Crippen LogP contribution in [0, 0.1) is 0 Å². The van der Waals surface area contributed by atoms with Gasteiger partial charge in [-0.15, -0.1) is 0 Å². The van der Waals surface area contributed by atoms with Crippen LogP contribution in [0.3, 0.4) is 0 Å². The SMILES string of the molecule is C[C@H]1CCCCN1S(=O)(=O)c1ccccc1C(=O)N1CCCCCC1. The number of hydrogen-bond acceptors (Lipinski definition) is 3. The van der Waals surface area contributed by atoms with Crippen molar-refractivity contribution in [2.75, 3.05) is 19.6 Å². The lowest BCUT2D eigenvalue weighted by Gasteiger charge is -2.33. The highest BCUT2D eigenvalue weighted by Crippen LogP contribution is 2.28. The van der Waals surface area contributed by atoms with Crippen LogP contribution in [0.25, 0.3) is 0 Å². The smallest absolute Gasteiger partial charge is 0.255 e. The van der Waals surface area contributed by atoms with Gasteiger partial charge in [-0.05, 0) is 44.7 Å². The molecule has 2 saturated heterocycles. The molecule has 0 aromatic heterocycles. The summed E-state index contributed by atoms with van der Waals surface area (Å²) in [7, 11) is -3.65. The van der Waals surface area contributed by atoms with Crippen molar-refractivity contribution < 1.29 is 13.2 Å². The van der Waals surface area contributed by atoms with E-state index in [-0.39, 0.29) is 16.8 Å². The number of piperidine rings is 1. The lowest BCUT2D eigenvalue weighted by atomic mass is 10.1. The van der Waals surface area contributed by atoms with Crippen LogP contribution < -0.4 is 0 Å². The molecule has 2 fully saturated rings. The first-order valence-electron chi connectivity index (χ1n) is 9.42. The summed E-state index contributed by atoms with van der Waals surface area (Å²) in [6.07, 6.45) is 7.06. The maximum Gasteiger partial charge on any atom is 0.255 e. The van der Waals surface area contributed by atoms with Gasteiger partial charge in [0.2, 0.25) is 10.0 Å². The third-order valence-electron chi connectivity index (χ3n) is 5.34. The monoisotopic (exact) mass is 364 g/mol. The molecule has 0 saturated carbocycles. The average Bonchev–Trinajstić information content (AvgIpc) is 2.91. The minimum Gasteiger partial charge on any atom is -0.339 e. The third-order valence-corrected chi connectivity index (χ3v) is 7.41. The average molecular weight is 365 g/mol. The standard InChI is InChI=1S/C19H28N2O3S/c1-16-10-6-9-15-21(16)25(23,24)18-12-5-4-11-17(18)19(22)20-13-7-2-3-8-14-20/h4-5,11-12,16H,2-3,6-10,13-15H2,1H3/t16-/m0/s1. The minimum atomic E-state index is -3.65. The minimum absolute atomic E-state index is 0.0138. The van der Waals surface area contributed by atoms with Gasteiger partial charge in [0.15, 0.2) is 0 Å². The number of nitrogens with zero attached hydrogens (tertiary/aromatic N) is 2. The molecule has 2 aliphatic rings. The fraction of sp³-hybridized carbons (Fsp3) is 0.632. The number of likely N-dealkylation sites (tertiary alicyclic amines) is 1. The molecule has 0 bridgehead atoms. The van der Waals surface area contributed by atoms with Gasteiger partial charge in [0, 0.05) is 25.7 Å². The summed E-state index contributed by atoms with van der Waals surface area (Å²) in [5.74, 6) is -0.147. The number of hydrogen-bond donors (Lipinski definition) is 0. The summed E-state index contributed by atoms with van der Waals surface area (Å²) in [6, 6.07) is 6.70. The van der Waals surface area contributed by atoms with Gasteiger partial charge >= 0.3 is 0 Å². The summed E-state index contributed by atoms with van der Waals surface area (Å²) in [4.78, 5) is 15.0. The molecule has 138 valence electrons. The van der Waals surface area contributed by atoms with Gasteiger partial charge in [-0.25, -0.2) is 8.42 Å². The molecule has 2 heterocycles. The Kier molecular flexibility index (Phi) is 5.79. The second kappa shape index (κ2) is 7.87. The normalized spacial score (nSPS) is 23.2. The third kappa shape index (κ3) is 3.90. The number of benzene rings is 1. The van der Waals surface area contributed by atoms with E-state index >= 15 is 0 Å². The van der Waals surface area contributed by atoms with Crippen molar-refractivity contribution >= 4 is 15.9 Å². The Morgan fingerprint density at radius 2 is 1.60 bits per heavy atom. The fourth-order valence-corrected chi connectivity index (χ4v) is 5.75. The molecule has 0 N–H and O–H groups in total. The predicted molar refractivity (Wildman–Crippen MR) is 98.0 cm³/mol. The molecule has 1 atom stereocenters. The first-order chi connectivity index (χ1) is 12.0. The molecule has 1 aromatic carbocycles. The van der Waals surface area contributed by atoms with Crippen LogP contribution in [0.1, 0.15) is 62.2 Å². The molecule has 1 amide bonds. The lowest BCUT2D eigenvalue weighted by Crippen LogP contribution is -2.43. The van der Waals surface area contributed by atoms with Gasteiger partial charge in [-0.2, -0.15) is 4.31 Å². The Hall–Kier alpha value is -1.40. The van der Waals surface area contributed by atoms with Crippen LogP contribution >= 0.6 is 0 Å². The predicted octanol–water partition coefficient (Wildman–Crippen LogP) is 3.27. The van der Waals surface area contributed by atoms with Crippen molar-refractivity contribution in [3.8, 4) is 0 Å². The largest absolute Gasteiger partial charge is 0.339 e. The topological polar surface area (TPSA) is 57.7 Å². The molecule has 5 nitrogen and oxygen atoms in total. The molecule has 0 aliphatic carbocycles. The highest BCUT2D eigenvalue weighted by atomic mass is 32.2. The summed E-state index contributed by atoms with van der Waals surface area (Å²) in [5.41, 5.74) is 0.321. The van der Waals surface area contributed by atoms with E-state index < -0.39 is 10.0 Å². The zero-order chi connectivity index (χ0) is 17.9. The Labute approximate surface area is 151 Å². The first-order valence-corrected chi connectivity index (χ1v) is 10.9. The van der Waals surface area contributed by atoms with Crippen LogP contribution in [0.5, 0.6) is 0 Å². The van der Waals surface area contributed by atoms with E-state index in [1.54, 1.807) is 28.6 Å². The molecule has 0 unspecified atom stereocenters. The Balaban J connectivity index is 1.93. The molecule has 0 spiro atoms. The molecule has 1 aromatic rings. The van der Waals surface area contributed by atoms with E-state index in [9.17, 15) is 13.2 Å². The fourth-order valence-electron chi connectivity index (χ4n) is 3.87. The van der Waals surface area contributed by atoms with Gasteiger partial charge in [-0.3, -0.25) is 4.79 Å². The van der Waals surface area contributed by atoms with Crippen molar-refractivity contribution in [2.24, 2.45) is 0 Å². The second-order valence-corrected chi connectivity index (χ2v) is 9.02. The van der Waals surface area contributed by atoms with Gasteiger partial charge < -0.3 is 4.90 Å². The zero-order valence-corrected chi connectivity index (χ0v) is 15.8. The van der Waals surface area contributed by atoms with Gasteiger partial charge in [0.1, 0.15) is 0 Å². The summed E-state index contributed by atoms with van der Waals surface area (Å²) >= 11 is 0. The second-order valence-electron chi connectivity index (χ2n) is 7.16. The summed E-state index contributed by atoms with van der Waals surface area (Å²) in [5, 5.41) is 0. The van der Waals surface area contributed by atoms with E-state index in [1.165, 1.54) is 0 Å². The van der Waals surface area contributed by atoms with E-state index in [0.717, 1.165) is 44.9 Å². The van der Waals surface area contributed by atoms with Crippen LogP contribution in [-0.4, -0.2) is 49.2 Å². The molecule has 25 heavy (non-hydrogen) atoms. The van der Waals surface area contributed by atoms with E-state index in [2.05, 4.69) is 0 Å². The maximum absolute atomic E-state index is 13.2.